The van der Waals surface area contributed by atoms with Crippen LogP contribution < -0.4 is 10.1 Å². The van der Waals surface area contributed by atoms with Crippen molar-refractivity contribution in [3.05, 3.63) is 53.5 Å². The van der Waals surface area contributed by atoms with Gasteiger partial charge >= 0.3 is 0 Å². The van der Waals surface area contributed by atoms with Crippen LogP contribution in [-0.2, 0) is 4.79 Å². The van der Waals surface area contributed by atoms with Gasteiger partial charge in [0, 0.05) is 30.8 Å². The molecular formula is C23H23N5O2S3. The zero-order valence-corrected chi connectivity index (χ0v) is 20.5. The first-order chi connectivity index (χ1) is 16.2. The summed E-state index contributed by atoms with van der Waals surface area (Å²) in [5, 5.41) is 13.5. The highest BCUT2D eigenvalue weighted by Crippen LogP contribution is 2.34. The highest BCUT2D eigenvalue weighted by molar-refractivity contribution is 8.01. The molecule has 33 heavy (non-hydrogen) atoms. The van der Waals surface area contributed by atoms with Crippen LogP contribution in [0.2, 0.25) is 0 Å². The van der Waals surface area contributed by atoms with E-state index in [-0.39, 0.29) is 5.91 Å². The Morgan fingerprint density at radius 2 is 2.12 bits per heavy atom. The lowest BCUT2D eigenvalue weighted by Gasteiger charge is -2.31. The van der Waals surface area contributed by atoms with Crippen molar-refractivity contribution in [2.75, 3.05) is 31.3 Å². The van der Waals surface area contributed by atoms with Crippen molar-refractivity contribution in [2.24, 2.45) is 0 Å². The Labute approximate surface area is 204 Å². The SMILES string of the molecule is COc1cccc(Nc2nnc(SCC(=O)N3CCCC(c4nc5ccccc5s4)C3)s2)c1. The molecule has 0 aliphatic carbocycles. The molecule has 2 aromatic carbocycles. The summed E-state index contributed by atoms with van der Waals surface area (Å²) in [6.07, 6.45) is 2.08. The van der Waals surface area contributed by atoms with Gasteiger partial charge in [0.1, 0.15) is 5.75 Å². The molecule has 0 spiro atoms. The van der Waals surface area contributed by atoms with E-state index >= 15 is 0 Å². The topological polar surface area (TPSA) is 80.2 Å². The van der Waals surface area contributed by atoms with Gasteiger partial charge in [0.05, 0.1) is 28.1 Å². The summed E-state index contributed by atoms with van der Waals surface area (Å²) in [6.45, 7) is 1.54. The van der Waals surface area contributed by atoms with E-state index < -0.39 is 0 Å². The fourth-order valence-electron chi connectivity index (χ4n) is 3.83. The Kier molecular flexibility index (Phi) is 6.75. The predicted molar refractivity (Wildman–Crippen MR) is 135 cm³/mol. The van der Waals surface area contributed by atoms with Gasteiger partial charge in [0.15, 0.2) is 4.34 Å². The van der Waals surface area contributed by atoms with Gasteiger partial charge in [-0.15, -0.1) is 21.5 Å². The Balaban J connectivity index is 1.16. The first-order valence-electron chi connectivity index (χ1n) is 10.7. The molecule has 1 aliphatic heterocycles. The molecule has 5 rings (SSSR count). The Morgan fingerprint density at radius 3 is 3.00 bits per heavy atom. The molecule has 170 valence electrons. The number of thiazole rings is 1. The third-order valence-corrected chi connectivity index (χ3v) is 8.64. The van der Waals surface area contributed by atoms with E-state index in [2.05, 4.69) is 27.6 Å². The average Bonchev–Trinajstić information content (AvgIpc) is 3.49. The number of likely N-dealkylation sites (tertiary alicyclic amines) is 1. The fourth-order valence-corrected chi connectivity index (χ4v) is 6.60. The molecule has 4 aromatic rings. The van der Waals surface area contributed by atoms with Crippen molar-refractivity contribution in [2.45, 2.75) is 23.1 Å². The molecule has 2 aromatic heterocycles. The van der Waals surface area contributed by atoms with Crippen LogP contribution in [0.4, 0.5) is 10.8 Å². The number of methoxy groups -OCH3 is 1. The van der Waals surface area contributed by atoms with Crippen LogP contribution in [0.1, 0.15) is 23.8 Å². The van der Waals surface area contributed by atoms with Crippen LogP contribution in [0.5, 0.6) is 5.75 Å². The van der Waals surface area contributed by atoms with Crippen LogP contribution in [0.15, 0.2) is 52.9 Å². The molecule has 1 unspecified atom stereocenters. The van der Waals surface area contributed by atoms with E-state index in [1.54, 1.807) is 18.4 Å². The summed E-state index contributed by atoms with van der Waals surface area (Å²) < 4.78 is 7.23. The third-order valence-electron chi connectivity index (χ3n) is 5.48. The molecule has 1 N–H and O–H groups in total. The fraction of sp³-hybridized carbons (Fsp3) is 0.304. The summed E-state index contributed by atoms with van der Waals surface area (Å²) in [4.78, 5) is 19.7. The monoisotopic (exact) mass is 497 g/mol. The minimum atomic E-state index is 0.142. The maximum absolute atomic E-state index is 12.9. The number of benzene rings is 2. The Morgan fingerprint density at radius 1 is 1.21 bits per heavy atom. The minimum Gasteiger partial charge on any atom is -0.497 e. The molecule has 0 saturated carbocycles. The van der Waals surface area contributed by atoms with Crippen LogP contribution in [0, 0.1) is 0 Å². The van der Waals surface area contributed by atoms with Gasteiger partial charge in [0.25, 0.3) is 0 Å². The van der Waals surface area contributed by atoms with Gasteiger partial charge in [-0.25, -0.2) is 4.98 Å². The summed E-state index contributed by atoms with van der Waals surface area (Å²) in [6, 6.07) is 15.9. The summed E-state index contributed by atoms with van der Waals surface area (Å²) in [5.74, 6) is 1.59. The van der Waals surface area contributed by atoms with Gasteiger partial charge in [-0.1, -0.05) is 41.3 Å². The summed E-state index contributed by atoms with van der Waals surface area (Å²) in [5.41, 5.74) is 1.93. The number of hydrogen-bond acceptors (Lipinski definition) is 9. The molecule has 1 amide bonds. The Bertz CT molecular complexity index is 1220. The van der Waals surface area contributed by atoms with Crippen molar-refractivity contribution >= 4 is 61.4 Å². The first kappa shape index (κ1) is 22.1. The van der Waals surface area contributed by atoms with Crippen LogP contribution in [0.25, 0.3) is 10.2 Å². The lowest BCUT2D eigenvalue weighted by molar-refractivity contribution is -0.129. The number of rotatable bonds is 7. The van der Waals surface area contributed by atoms with Crippen LogP contribution in [-0.4, -0.2) is 51.9 Å². The second-order valence-electron chi connectivity index (χ2n) is 7.72. The second-order valence-corrected chi connectivity index (χ2v) is 11.0. The molecule has 7 nitrogen and oxygen atoms in total. The molecule has 3 heterocycles. The van der Waals surface area contributed by atoms with Gasteiger partial charge in [0.2, 0.25) is 11.0 Å². The maximum Gasteiger partial charge on any atom is 0.233 e. The number of nitrogens with zero attached hydrogens (tertiary/aromatic N) is 4. The number of ether oxygens (including phenoxy) is 1. The first-order valence-corrected chi connectivity index (χ1v) is 13.3. The average molecular weight is 498 g/mol. The van der Waals surface area contributed by atoms with Crippen molar-refractivity contribution in [3.63, 3.8) is 0 Å². The molecular weight excluding hydrogens is 474 g/mol. The summed E-state index contributed by atoms with van der Waals surface area (Å²) in [7, 11) is 1.64. The number of anilines is 2. The zero-order valence-electron chi connectivity index (χ0n) is 18.1. The quantitative estimate of drug-likeness (QED) is 0.343. The van der Waals surface area contributed by atoms with Gasteiger partial charge in [-0.2, -0.15) is 0 Å². The largest absolute Gasteiger partial charge is 0.497 e. The molecule has 0 radical (unpaired) electrons. The van der Waals surface area contributed by atoms with Crippen molar-refractivity contribution in [3.8, 4) is 5.75 Å². The molecule has 1 atom stereocenters. The number of fused-ring (bicyclic) bond motifs is 1. The number of hydrogen-bond donors (Lipinski definition) is 1. The molecule has 1 saturated heterocycles. The predicted octanol–water partition coefficient (Wildman–Crippen LogP) is 5.40. The van der Waals surface area contributed by atoms with Crippen molar-refractivity contribution in [1.82, 2.24) is 20.1 Å². The van der Waals surface area contributed by atoms with E-state index in [9.17, 15) is 4.79 Å². The number of thioether (sulfide) groups is 1. The highest BCUT2D eigenvalue weighted by Gasteiger charge is 2.27. The summed E-state index contributed by atoms with van der Waals surface area (Å²) >= 11 is 4.63. The normalized spacial score (nSPS) is 16.2. The molecule has 0 bridgehead atoms. The van der Waals surface area contributed by atoms with E-state index in [1.165, 1.54) is 27.8 Å². The smallest absolute Gasteiger partial charge is 0.233 e. The van der Waals surface area contributed by atoms with E-state index in [4.69, 9.17) is 9.72 Å². The molecule has 10 heteroatoms. The maximum atomic E-state index is 12.9. The van der Waals surface area contributed by atoms with Crippen molar-refractivity contribution in [1.29, 1.82) is 0 Å². The number of para-hydroxylation sites is 1. The molecule has 1 fully saturated rings. The highest BCUT2D eigenvalue weighted by atomic mass is 32.2. The number of carbonyl (C=O) groups is 1. The van der Waals surface area contributed by atoms with Crippen LogP contribution >= 0.6 is 34.4 Å². The van der Waals surface area contributed by atoms with E-state index in [0.29, 0.717) is 16.8 Å². The zero-order chi connectivity index (χ0) is 22.6. The van der Waals surface area contributed by atoms with Gasteiger partial charge in [-0.05, 0) is 37.1 Å². The van der Waals surface area contributed by atoms with Crippen molar-refractivity contribution < 1.29 is 9.53 Å². The lowest BCUT2D eigenvalue weighted by Crippen LogP contribution is -2.40. The molecule has 1 aliphatic rings. The lowest BCUT2D eigenvalue weighted by atomic mass is 9.99. The van der Waals surface area contributed by atoms with Gasteiger partial charge < -0.3 is 15.0 Å². The second kappa shape index (κ2) is 10.1. The van der Waals surface area contributed by atoms with Gasteiger partial charge in [-0.3, -0.25) is 4.79 Å². The number of amides is 1. The number of carbonyl (C=O) groups excluding carboxylic acids is 1. The number of nitrogens with one attached hydrogen (secondary N) is 1. The minimum absolute atomic E-state index is 0.142. The van der Waals surface area contributed by atoms with E-state index in [0.717, 1.165) is 52.2 Å². The number of piperidine rings is 1. The third kappa shape index (κ3) is 5.29. The van der Waals surface area contributed by atoms with E-state index in [1.807, 2.05) is 41.3 Å². The Hall–Kier alpha value is -2.69. The van der Waals surface area contributed by atoms with Crippen LogP contribution in [0.3, 0.4) is 0 Å². The standard InChI is InChI=1S/C23H23N5O2S3/c1-30-17-8-4-7-16(12-17)24-22-26-27-23(33-22)31-14-20(29)28-11-5-6-15(13-28)21-25-18-9-2-3-10-19(18)32-21/h2-4,7-10,12,15H,5-6,11,13-14H2,1H3,(H,24,26). The number of aromatic nitrogens is 3.